The normalized spacial score (nSPS) is 14.5. The average molecular weight is 317 g/mol. The molecule has 0 aliphatic carbocycles. The van der Waals surface area contributed by atoms with E-state index in [0.29, 0.717) is 12.4 Å². The van der Waals surface area contributed by atoms with Gasteiger partial charge in [-0.05, 0) is 36.2 Å². The maximum Gasteiger partial charge on any atom is 0.266 e. The van der Waals surface area contributed by atoms with Crippen molar-refractivity contribution in [1.29, 1.82) is 0 Å². The highest BCUT2D eigenvalue weighted by atomic mass is 19.1. The molecule has 23 heavy (non-hydrogen) atoms. The molecule has 6 heteroatoms. The van der Waals surface area contributed by atoms with Crippen LogP contribution in [0.4, 0.5) is 4.39 Å². The third-order valence-corrected chi connectivity index (χ3v) is 4.02. The summed E-state index contributed by atoms with van der Waals surface area (Å²) in [6.07, 6.45) is 1.74. The average Bonchev–Trinajstić information content (AvgIpc) is 2.54. The molecule has 0 N–H and O–H groups in total. The lowest BCUT2D eigenvalue weighted by atomic mass is 10.1. The van der Waals surface area contributed by atoms with Gasteiger partial charge < -0.3 is 4.74 Å². The van der Waals surface area contributed by atoms with Gasteiger partial charge in [0.25, 0.3) is 5.56 Å². The number of benzene rings is 1. The van der Waals surface area contributed by atoms with Crippen molar-refractivity contribution in [3.05, 3.63) is 57.8 Å². The number of fused-ring (bicyclic) bond motifs is 1. The summed E-state index contributed by atoms with van der Waals surface area (Å²) in [5.74, 6) is 0.423. The SMILES string of the molecule is Cn1nc2c(cc1=O)CN(CCCOc1ccc(F)cc1)CC2. The van der Waals surface area contributed by atoms with Crippen LogP contribution in [0.2, 0.25) is 0 Å². The molecule has 0 saturated carbocycles. The Labute approximate surface area is 134 Å². The van der Waals surface area contributed by atoms with Crippen molar-refractivity contribution < 1.29 is 9.13 Å². The zero-order valence-corrected chi connectivity index (χ0v) is 13.2. The number of rotatable bonds is 5. The van der Waals surface area contributed by atoms with Gasteiger partial charge in [0, 0.05) is 39.2 Å². The molecule has 122 valence electrons. The number of halogens is 1. The fraction of sp³-hybridized carbons (Fsp3) is 0.412. The van der Waals surface area contributed by atoms with E-state index in [1.807, 2.05) is 0 Å². The van der Waals surface area contributed by atoms with Gasteiger partial charge in [-0.15, -0.1) is 0 Å². The summed E-state index contributed by atoms with van der Waals surface area (Å²) < 4.78 is 19.8. The second-order valence-electron chi connectivity index (χ2n) is 5.76. The Morgan fingerprint density at radius 2 is 2.09 bits per heavy atom. The van der Waals surface area contributed by atoms with Gasteiger partial charge in [-0.25, -0.2) is 9.07 Å². The van der Waals surface area contributed by atoms with Crippen molar-refractivity contribution in [2.24, 2.45) is 7.05 Å². The van der Waals surface area contributed by atoms with Crippen LogP contribution in [-0.2, 0) is 20.0 Å². The molecule has 0 saturated heterocycles. The fourth-order valence-corrected chi connectivity index (χ4v) is 2.75. The molecule has 1 aliphatic rings. The molecule has 0 bridgehead atoms. The Kier molecular flexibility index (Phi) is 4.71. The van der Waals surface area contributed by atoms with E-state index in [9.17, 15) is 9.18 Å². The minimum absolute atomic E-state index is 0.0646. The van der Waals surface area contributed by atoms with Crippen LogP contribution in [-0.4, -0.2) is 34.4 Å². The van der Waals surface area contributed by atoms with Crippen LogP contribution >= 0.6 is 0 Å². The minimum Gasteiger partial charge on any atom is -0.494 e. The molecular formula is C17H20FN3O2. The largest absolute Gasteiger partial charge is 0.494 e. The molecule has 0 amide bonds. The molecule has 0 radical (unpaired) electrons. The number of aromatic nitrogens is 2. The van der Waals surface area contributed by atoms with Gasteiger partial charge in [-0.3, -0.25) is 9.69 Å². The Morgan fingerprint density at radius 1 is 1.30 bits per heavy atom. The summed E-state index contributed by atoms with van der Waals surface area (Å²) in [7, 11) is 1.68. The molecule has 0 atom stereocenters. The van der Waals surface area contributed by atoms with Crippen molar-refractivity contribution in [3.63, 3.8) is 0 Å². The number of aryl methyl sites for hydroxylation is 1. The standard InChI is InChI=1S/C17H20FN3O2/c1-20-17(22)11-13-12-21(9-7-16(13)19-20)8-2-10-23-15-5-3-14(18)4-6-15/h3-6,11H,2,7-10,12H2,1H3. The van der Waals surface area contributed by atoms with E-state index in [1.165, 1.54) is 16.8 Å². The lowest BCUT2D eigenvalue weighted by Crippen LogP contribution is -2.35. The first-order valence-corrected chi connectivity index (χ1v) is 7.78. The molecule has 0 unspecified atom stereocenters. The van der Waals surface area contributed by atoms with Crippen molar-refractivity contribution in [2.75, 3.05) is 19.7 Å². The minimum atomic E-state index is -0.260. The third-order valence-electron chi connectivity index (χ3n) is 4.02. The first kappa shape index (κ1) is 15.7. The highest BCUT2D eigenvalue weighted by molar-refractivity contribution is 5.22. The molecule has 1 aromatic heterocycles. The van der Waals surface area contributed by atoms with Crippen LogP contribution in [0.5, 0.6) is 5.75 Å². The Morgan fingerprint density at radius 3 is 2.87 bits per heavy atom. The smallest absolute Gasteiger partial charge is 0.266 e. The van der Waals surface area contributed by atoms with Crippen LogP contribution in [0, 0.1) is 5.82 Å². The Bertz CT molecular complexity index is 728. The highest BCUT2D eigenvalue weighted by Gasteiger charge is 2.18. The third kappa shape index (κ3) is 3.96. The van der Waals surface area contributed by atoms with Crippen molar-refractivity contribution >= 4 is 0 Å². The van der Waals surface area contributed by atoms with Crippen molar-refractivity contribution in [1.82, 2.24) is 14.7 Å². The van der Waals surface area contributed by atoms with Gasteiger partial charge in [0.05, 0.1) is 12.3 Å². The number of hydrogen-bond donors (Lipinski definition) is 0. The predicted octanol–water partition coefficient (Wildman–Crippen LogP) is 1.75. The van der Waals surface area contributed by atoms with Crippen molar-refractivity contribution in [3.8, 4) is 5.75 Å². The molecule has 5 nitrogen and oxygen atoms in total. The Balaban J connectivity index is 1.47. The zero-order valence-electron chi connectivity index (χ0n) is 13.2. The van der Waals surface area contributed by atoms with Gasteiger partial charge in [-0.1, -0.05) is 0 Å². The first-order chi connectivity index (χ1) is 11.1. The lowest BCUT2D eigenvalue weighted by Gasteiger charge is -2.27. The highest BCUT2D eigenvalue weighted by Crippen LogP contribution is 2.15. The lowest BCUT2D eigenvalue weighted by molar-refractivity contribution is 0.218. The van der Waals surface area contributed by atoms with E-state index in [4.69, 9.17) is 4.74 Å². The topological polar surface area (TPSA) is 47.4 Å². The summed E-state index contributed by atoms with van der Waals surface area (Å²) in [5, 5.41) is 4.31. The van der Waals surface area contributed by atoms with Crippen LogP contribution in [0.25, 0.3) is 0 Å². The maximum atomic E-state index is 12.8. The van der Waals surface area contributed by atoms with E-state index < -0.39 is 0 Å². The molecule has 1 aromatic carbocycles. The first-order valence-electron chi connectivity index (χ1n) is 7.78. The van der Waals surface area contributed by atoms with E-state index in [0.717, 1.165) is 43.7 Å². The van der Waals surface area contributed by atoms with Crippen LogP contribution in [0.1, 0.15) is 17.7 Å². The molecule has 0 spiro atoms. The van der Waals surface area contributed by atoms with Crippen molar-refractivity contribution in [2.45, 2.75) is 19.4 Å². The molecule has 2 aromatic rings. The maximum absolute atomic E-state index is 12.8. The fourth-order valence-electron chi connectivity index (χ4n) is 2.75. The van der Waals surface area contributed by atoms with Crippen LogP contribution in [0.15, 0.2) is 35.1 Å². The van der Waals surface area contributed by atoms with E-state index in [2.05, 4.69) is 10.00 Å². The van der Waals surface area contributed by atoms with Crippen LogP contribution < -0.4 is 10.3 Å². The molecule has 0 fully saturated rings. The van der Waals surface area contributed by atoms with Crippen LogP contribution in [0.3, 0.4) is 0 Å². The number of hydrogen-bond acceptors (Lipinski definition) is 4. The predicted molar refractivity (Wildman–Crippen MR) is 85.0 cm³/mol. The molecular weight excluding hydrogens is 297 g/mol. The van der Waals surface area contributed by atoms with Gasteiger partial charge >= 0.3 is 0 Å². The zero-order chi connectivity index (χ0) is 16.2. The quantitative estimate of drug-likeness (QED) is 0.788. The summed E-state index contributed by atoms with van der Waals surface area (Å²) in [6, 6.07) is 7.74. The van der Waals surface area contributed by atoms with E-state index in [-0.39, 0.29) is 11.4 Å². The summed E-state index contributed by atoms with van der Waals surface area (Å²) in [4.78, 5) is 14.0. The van der Waals surface area contributed by atoms with Gasteiger partial charge in [-0.2, -0.15) is 5.10 Å². The van der Waals surface area contributed by atoms with Gasteiger partial charge in [0.15, 0.2) is 0 Å². The summed E-state index contributed by atoms with van der Waals surface area (Å²) >= 11 is 0. The van der Waals surface area contributed by atoms with Gasteiger partial charge in [0.2, 0.25) is 0 Å². The summed E-state index contributed by atoms with van der Waals surface area (Å²) in [6.45, 7) is 3.18. The van der Waals surface area contributed by atoms with E-state index in [1.54, 1.807) is 25.2 Å². The summed E-state index contributed by atoms with van der Waals surface area (Å²) in [5.41, 5.74) is 1.98. The second kappa shape index (κ2) is 6.91. The molecule has 3 rings (SSSR count). The second-order valence-corrected chi connectivity index (χ2v) is 5.76. The molecule has 1 aliphatic heterocycles. The van der Waals surface area contributed by atoms with Gasteiger partial charge in [0.1, 0.15) is 11.6 Å². The Hall–Kier alpha value is -2.21. The molecule has 2 heterocycles. The monoisotopic (exact) mass is 317 g/mol. The number of ether oxygens (including phenoxy) is 1. The number of nitrogens with zero attached hydrogens (tertiary/aromatic N) is 3. The van der Waals surface area contributed by atoms with E-state index >= 15 is 0 Å².